The van der Waals surface area contributed by atoms with Gasteiger partial charge in [-0.15, -0.1) is 11.3 Å². The normalized spacial score (nSPS) is 18.1. The summed E-state index contributed by atoms with van der Waals surface area (Å²) in [6.45, 7) is 2.15. The van der Waals surface area contributed by atoms with E-state index >= 15 is 0 Å². The van der Waals surface area contributed by atoms with Gasteiger partial charge >= 0.3 is 6.03 Å². The first-order chi connectivity index (χ1) is 16.4. The van der Waals surface area contributed by atoms with E-state index in [9.17, 15) is 14.0 Å². The summed E-state index contributed by atoms with van der Waals surface area (Å²) in [6.07, 6.45) is -0.0915. The second-order valence-electron chi connectivity index (χ2n) is 8.26. The molecule has 0 saturated carbocycles. The monoisotopic (exact) mass is 481 g/mol. The molecule has 0 bridgehead atoms. The Hall–Kier alpha value is -3.50. The molecule has 176 valence electrons. The topological polar surface area (TPSA) is 88.5 Å². The van der Waals surface area contributed by atoms with Gasteiger partial charge in [-0.25, -0.2) is 9.18 Å². The van der Waals surface area contributed by atoms with E-state index in [0.29, 0.717) is 10.4 Å². The van der Waals surface area contributed by atoms with Crippen molar-refractivity contribution in [3.8, 4) is 0 Å². The van der Waals surface area contributed by atoms with Gasteiger partial charge in [0.2, 0.25) is 0 Å². The zero-order valence-electron chi connectivity index (χ0n) is 19.0. The Labute approximate surface area is 199 Å². The van der Waals surface area contributed by atoms with Gasteiger partial charge in [0.25, 0.3) is 5.91 Å². The fraction of sp³-hybridized carbons (Fsp3) is 0.292. The summed E-state index contributed by atoms with van der Waals surface area (Å²) in [5.41, 5.74) is 4.01. The number of benzene rings is 1. The zero-order valence-corrected chi connectivity index (χ0v) is 19.8. The van der Waals surface area contributed by atoms with Crippen LogP contribution in [0.4, 0.5) is 20.6 Å². The zero-order chi connectivity index (χ0) is 24.0. The van der Waals surface area contributed by atoms with E-state index < -0.39 is 12.3 Å². The van der Waals surface area contributed by atoms with Crippen LogP contribution in [0.3, 0.4) is 0 Å². The minimum Gasteiger partial charge on any atom is -0.377 e. The van der Waals surface area contributed by atoms with Crippen molar-refractivity contribution in [2.75, 3.05) is 32.6 Å². The maximum atomic E-state index is 14.1. The number of halogens is 1. The number of likely N-dealkylation sites (tertiary alicyclic amines) is 1. The van der Waals surface area contributed by atoms with Crippen LogP contribution in [-0.4, -0.2) is 65.9 Å². The molecule has 34 heavy (non-hydrogen) atoms. The van der Waals surface area contributed by atoms with E-state index in [2.05, 4.69) is 15.6 Å². The molecule has 3 aromatic heterocycles. The number of hydrogen-bond donors (Lipinski definition) is 2. The highest BCUT2D eigenvalue weighted by Gasteiger charge is 2.36. The Morgan fingerprint density at radius 3 is 2.76 bits per heavy atom. The molecule has 1 aliphatic rings. The van der Waals surface area contributed by atoms with Crippen LogP contribution in [0.2, 0.25) is 0 Å². The van der Waals surface area contributed by atoms with Crippen LogP contribution >= 0.6 is 11.3 Å². The summed E-state index contributed by atoms with van der Waals surface area (Å²) in [5.74, 6) is -0.219. The molecule has 0 aliphatic carbocycles. The lowest BCUT2D eigenvalue weighted by Crippen LogP contribution is -2.29. The summed E-state index contributed by atoms with van der Waals surface area (Å²) in [6, 6.07) is 11.2. The lowest BCUT2D eigenvalue weighted by molar-refractivity contribution is 0.0596. The average molecular weight is 482 g/mol. The van der Waals surface area contributed by atoms with Crippen molar-refractivity contribution in [1.29, 1.82) is 0 Å². The van der Waals surface area contributed by atoms with Crippen molar-refractivity contribution < 1.29 is 18.7 Å². The predicted molar refractivity (Wildman–Crippen MR) is 131 cm³/mol. The molecule has 1 saturated heterocycles. The minimum atomic E-state index is -1.18. The number of carbonyl (C=O) groups excluding carboxylic acids is 2. The lowest BCUT2D eigenvalue weighted by Gasteiger charge is -2.14. The number of nitrogens with one attached hydrogen (secondary N) is 2. The fourth-order valence-corrected chi connectivity index (χ4v) is 5.44. The number of fused-ring (bicyclic) bond motifs is 2. The Morgan fingerprint density at radius 1 is 1.21 bits per heavy atom. The van der Waals surface area contributed by atoms with Crippen molar-refractivity contribution in [1.82, 2.24) is 19.8 Å². The quantitative estimate of drug-likeness (QED) is 0.454. The number of methoxy groups -OCH3 is 1. The first-order valence-electron chi connectivity index (χ1n) is 10.9. The van der Waals surface area contributed by atoms with Crippen LogP contribution in [-0.2, 0) is 4.74 Å². The van der Waals surface area contributed by atoms with E-state index in [4.69, 9.17) is 4.74 Å². The Balaban J connectivity index is 1.44. The molecule has 4 aromatic rings. The first kappa shape index (κ1) is 22.3. The summed E-state index contributed by atoms with van der Waals surface area (Å²) >= 11 is 1.33. The van der Waals surface area contributed by atoms with Gasteiger partial charge in [-0.05, 0) is 43.3 Å². The van der Waals surface area contributed by atoms with E-state index in [1.165, 1.54) is 23.3 Å². The van der Waals surface area contributed by atoms with E-state index in [1.807, 2.05) is 37.3 Å². The molecule has 2 amide bonds. The van der Waals surface area contributed by atoms with Gasteiger partial charge in [-0.3, -0.25) is 14.3 Å². The van der Waals surface area contributed by atoms with Crippen LogP contribution in [0, 0.1) is 6.92 Å². The molecule has 2 N–H and O–H groups in total. The lowest BCUT2D eigenvalue weighted by atomic mass is 10.2. The minimum absolute atomic E-state index is 0.0270. The highest BCUT2D eigenvalue weighted by Crippen LogP contribution is 2.34. The number of pyridine rings is 1. The van der Waals surface area contributed by atoms with Gasteiger partial charge in [-0.1, -0.05) is 0 Å². The molecule has 10 heteroatoms. The summed E-state index contributed by atoms with van der Waals surface area (Å²) in [7, 11) is 3.06. The SMILES string of the molecule is CNC(=O)n1c(C)cc2cc(Nc3ccnc4cc(C(=O)N5CC(F)C(OC)C5)sc34)ccc21. The number of carbonyl (C=O) groups is 2. The molecule has 0 radical (unpaired) electrons. The molecule has 8 nitrogen and oxygen atoms in total. The summed E-state index contributed by atoms with van der Waals surface area (Å²) in [4.78, 5) is 31.6. The second kappa shape index (κ2) is 8.69. The number of ether oxygens (including phenoxy) is 1. The molecule has 2 unspecified atom stereocenters. The third-order valence-electron chi connectivity index (χ3n) is 6.09. The van der Waals surface area contributed by atoms with Crippen molar-refractivity contribution in [2.45, 2.75) is 19.2 Å². The number of thiophene rings is 1. The molecule has 0 spiro atoms. The standard InChI is InChI=1S/C24H24FN5O3S/c1-13-8-14-9-15(4-5-19(14)30(13)24(32)26-2)28-17-6-7-27-18-10-21(34-22(17)18)23(31)29-11-16(25)20(12-29)33-3/h4-10,16,20H,11-12H2,1-3H3,(H,26,32)(H,27,28). The van der Waals surface area contributed by atoms with E-state index in [1.54, 1.807) is 23.9 Å². The van der Waals surface area contributed by atoms with Crippen molar-refractivity contribution >= 4 is 55.8 Å². The summed E-state index contributed by atoms with van der Waals surface area (Å²) in [5, 5.41) is 7.00. The number of rotatable bonds is 4. The molecular formula is C24H24FN5O3S. The number of aryl methyl sites for hydroxylation is 1. The maximum Gasteiger partial charge on any atom is 0.325 e. The number of alkyl halides is 1. The molecule has 5 rings (SSSR count). The van der Waals surface area contributed by atoms with Crippen molar-refractivity contribution in [3.05, 3.63) is 53.2 Å². The molecule has 4 heterocycles. The fourth-order valence-electron chi connectivity index (χ4n) is 4.39. The van der Waals surface area contributed by atoms with Crippen LogP contribution in [0.5, 0.6) is 0 Å². The molecular weight excluding hydrogens is 457 g/mol. The number of hydrogen-bond acceptors (Lipinski definition) is 6. The molecule has 1 fully saturated rings. The highest BCUT2D eigenvalue weighted by atomic mass is 32.1. The first-order valence-corrected chi connectivity index (χ1v) is 11.7. The number of amides is 2. The molecule has 1 aliphatic heterocycles. The van der Waals surface area contributed by atoms with Crippen LogP contribution < -0.4 is 10.6 Å². The predicted octanol–water partition coefficient (Wildman–Crippen LogP) is 4.30. The third kappa shape index (κ3) is 3.78. The average Bonchev–Trinajstić information content (AvgIpc) is 3.52. The molecule has 1 aromatic carbocycles. The van der Waals surface area contributed by atoms with Crippen LogP contribution in [0.25, 0.3) is 21.1 Å². The highest BCUT2D eigenvalue weighted by molar-refractivity contribution is 7.21. The van der Waals surface area contributed by atoms with Crippen molar-refractivity contribution in [2.24, 2.45) is 0 Å². The van der Waals surface area contributed by atoms with Crippen LogP contribution in [0.1, 0.15) is 15.4 Å². The Bertz CT molecular complexity index is 1410. The van der Waals surface area contributed by atoms with Gasteiger partial charge in [-0.2, -0.15) is 0 Å². The van der Waals surface area contributed by atoms with Gasteiger partial charge in [0.1, 0.15) is 12.3 Å². The largest absolute Gasteiger partial charge is 0.377 e. The van der Waals surface area contributed by atoms with Crippen LogP contribution in [0.15, 0.2) is 42.6 Å². The second-order valence-corrected chi connectivity index (χ2v) is 9.31. The maximum absolute atomic E-state index is 14.1. The van der Waals surface area contributed by atoms with Gasteiger partial charge in [0, 0.05) is 37.1 Å². The Kier molecular flexibility index (Phi) is 5.70. The summed E-state index contributed by atoms with van der Waals surface area (Å²) < 4.78 is 21.7. The van der Waals surface area contributed by atoms with Crippen molar-refractivity contribution in [3.63, 3.8) is 0 Å². The number of nitrogens with zero attached hydrogens (tertiary/aromatic N) is 3. The van der Waals surface area contributed by atoms with Gasteiger partial charge < -0.3 is 20.3 Å². The third-order valence-corrected chi connectivity index (χ3v) is 7.24. The van der Waals surface area contributed by atoms with E-state index in [0.717, 1.165) is 32.7 Å². The van der Waals surface area contributed by atoms with Gasteiger partial charge in [0.05, 0.1) is 39.4 Å². The van der Waals surface area contributed by atoms with Gasteiger partial charge in [0.15, 0.2) is 0 Å². The van der Waals surface area contributed by atoms with E-state index in [-0.39, 0.29) is 25.0 Å². The smallest absolute Gasteiger partial charge is 0.325 e. The Morgan fingerprint density at radius 2 is 2.03 bits per heavy atom. The number of aromatic nitrogens is 2. The number of anilines is 2. The molecule has 2 atom stereocenters.